The van der Waals surface area contributed by atoms with Crippen molar-refractivity contribution in [3.8, 4) is 6.07 Å². The zero-order valence-electron chi connectivity index (χ0n) is 21.8. The van der Waals surface area contributed by atoms with Crippen LogP contribution in [0.15, 0.2) is 84.9 Å². The molecule has 0 saturated carbocycles. The number of amides is 2. The lowest BCUT2D eigenvalue weighted by molar-refractivity contribution is -0.123. The van der Waals surface area contributed by atoms with Crippen molar-refractivity contribution < 1.29 is 9.59 Å². The molecule has 0 aromatic heterocycles. The topological polar surface area (TPSA) is 73.2 Å². The molecule has 5 nitrogen and oxygen atoms in total. The first-order chi connectivity index (χ1) is 17.0. The highest BCUT2D eigenvalue weighted by Crippen LogP contribution is 2.34. The number of nitriles is 1. The molecule has 0 heterocycles. The predicted octanol–water partition coefficient (Wildman–Crippen LogP) is 6.52. The normalized spacial score (nSPS) is 12.3. The molecule has 2 amide bonds. The van der Waals surface area contributed by atoms with E-state index in [-0.39, 0.29) is 22.6 Å². The van der Waals surface area contributed by atoms with E-state index in [0.717, 1.165) is 12.0 Å². The second-order valence-electron chi connectivity index (χ2n) is 11.1. The third-order valence-corrected chi connectivity index (χ3v) is 5.89. The fourth-order valence-electron chi connectivity index (χ4n) is 4.77. The number of nitrogens with zero attached hydrogens (tertiary/aromatic N) is 2. The second kappa shape index (κ2) is 11.2. The highest BCUT2D eigenvalue weighted by Gasteiger charge is 2.34. The Kier molecular flexibility index (Phi) is 8.32. The van der Waals surface area contributed by atoms with Crippen LogP contribution in [0.5, 0.6) is 0 Å². The lowest BCUT2D eigenvalue weighted by Gasteiger charge is -2.35. The Bertz CT molecular complexity index is 1200. The molecular formula is C31H35N3O2. The van der Waals surface area contributed by atoms with Gasteiger partial charge in [-0.15, -0.1) is 0 Å². The van der Waals surface area contributed by atoms with E-state index in [1.807, 2.05) is 60.7 Å². The quantitative estimate of drug-likeness (QED) is 0.398. The Morgan fingerprint density at radius 3 is 1.94 bits per heavy atom. The van der Waals surface area contributed by atoms with Gasteiger partial charge >= 0.3 is 0 Å². The monoisotopic (exact) mass is 481 g/mol. The smallest absolute Gasteiger partial charge is 0.259 e. The van der Waals surface area contributed by atoms with E-state index >= 15 is 0 Å². The summed E-state index contributed by atoms with van der Waals surface area (Å²) in [4.78, 5) is 29.3. The maximum absolute atomic E-state index is 13.9. The summed E-state index contributed by atoms with van der Waals surface area (Å²) in [6.07, 6.45) is 0.933. The van der Waals surface area contributed by atoms with E-state index in [0.29, 0.717) is 23.4 Å². The summed E-state index contributed by atoms with van der Waals surface area (Å²) in [6, 6.07) is 26.3. The van der Waals surface area contributed by atoms with E-state index in [4.69, 9.17) is 5.26 Å². The zero-order valence-corrected chi connectivity index (χ0v) is 21.8. The van der Waals surface area contributed by atoms with Crippen LogP contribution in [0.2, 0.25) is 0 Å². The Morgan fingerprint density at radius 2 is 1.42 bits per heavy atom. The molecule has 1 atom stereocenters. The first-order valence-electron chi connectivity index (χ1n) is 12.2. The minimum Gasteiger partial charge on any atom is -0.353 e. The number of rotatable bonds is 8. The summed E-state index contributed by atoms with van der Waals surface area (Å²) in [6.45, 7) is 11.4. The van der Waals surface area contributed by atoms with Crippen molar-refractivity contribution in [3.05, 3.63) is 102 Å². The molecular weight excluding hydrogens is 446 g/mol. The Hall–Kier alpha value is -3.91. The van der Waals surface area contributed by atoms with Crippen molar-refractivity contribution in [2.45, 2.75) is 47.1 Å². The summed E-state index contributed by atoms with van der Waals surface area (Å²) < 4.78 is 0. The summed E-state index contributed by atoms with van der Waals surface area (Å²) in [5, 5.41) is 12.3. The van der Waals surface area contributed by atoms with E-state index in [1.165, 1.54) is 0 Å². The first-order valence-corrected chi connectivity index (χ1v) is 12.2. The summed E-state index contributed by atoms with van der Waals surface area (Å²) in [5.74, 6) is -0.558. The number of anilines is 1. The molecule has 0 aliphatic rings. The van der Waals surface area contributed by atoms with Gasteiger partial charge in [-0.25, -0.2) is 0 Å². The molecule has 3 aromatic carbocycles. The van der Waals surface area contributed by atoms with Gasteiger partial charge in [0, 0.05) is 17.8 Å². The second-order valence-corrected chi connectivity index (χ2v) is 11.1. The predicted molar refractivity (Wildman–Crippen MR) is 144 cm³/mol. The average Bonchev–Trinajstić information content (AvgIpc) is 2.85. The highest BCUT2D eigenvalue weighted by molar-refractivity contribution is 6.10. The number of nitrogens with one attached hydrogen (secondary N) is 1. The largest absolute Gasteiger partial charge is 0.353 e. The molecule has 0 aliphatic heterocycles. The van der Waals surface area contributed by atoms with E-state index in [9.17, 15) is 9.59 Å². The number of hydrogen-bond acceptors (Lipinski definition) is 3. The van der Waals surface area contributed by atoms with Crippen LogP contribution in [0, 0.1) is 22.2 Å². The molecule has 0 aliphatic carbocycles. The summed E-state index contributed by atoms with van der Waals surface area (Å²) in [5.41, 5.74) is 2.20. The minimum atomic E-state index is -0.873. The molecule has 3 aromatic rings. The van der Waals surface area contributed by atoms with Crippen molar-refractivity contribution in [2.24, 2.45) is 10.8 Å². The van der Waals surface area contributed by atoms with Gasteiger partial charge in [0.15, 0.2) is 0 Å². The molecule has 0 spiro atoms. The van der Waals surface area contributed by atoms with Crippen molar-refractivity contribution in [1.82, 2.24) is 5.32 Å². The maximum Gasteiger partial charge on any atom is 0.259 e. The minimum absolute atomic E-state index is 0.120. The molecule has 1 N–H and O–H groups in total. The van der Waals surface area contributed by atoms with Crippen molar-refractivity contribution in [3.63, 3.8) is 0 Å². The lowest BCUT2D eigenvalue weighted by atomic mass is 9.76. The van der Waals surface area contributed by atoms with Gasteiger partial charge in [-0.05, 0) is 59.2 Å². The number of para-hydroxylation sites is 1. The van der Waals surface area contributed by atoms with Crippen LogP contribution in [0.4, 0.5) is 5.69 Å². The van der Waals surface area contributed by atoms with Crippen LogP contribution in [0.3, 0.4) is 0 Å². The molecule has 0 saturated heterocycles. The molecule has 186 valence electrons. The standard InChI is InChI=1S/C31H35N3O2/c1-30(2,3)21-31(4,5)22-33-28(35)27(24-12-8-6-9-13-24)34(26-14-10-7-11-15-26)29(36)25-18-16-23(20-32)17-19-25/h6-19,27H,21-22H2,1-5H3,(H,33,35). The van der Waals surface area contributed by atoms with Crippen molar-refractivity contribution in [1.29, 1.82) is 5.26 Å². The van der Waals surface area contributed by atoms with Crippen LogP contribution >= 0.6 is 0 Å². The number of carbonyl (C=O) groups excluding carboxylic acids is 2. The van der Waals surface area contributed by atoms with Gasteiger partial charge in [0.05, 0.1) is 11.6 Å². The Morgan fingerprint density at radius 1 is 0.861 bits per heavy atom. The van der Waals surface area contributed by atoms with Gasteiger partial charge in [0.2, 0.25) is 5.91 Å². The van der Waals surface area contributed by atoms with Gasteiger partial charge in [-0.2, -0.15) is 5.26 Å². The third-order valence-electron chi connectivity index (χ3n) is 5.89. The van der Waals surface area contributed by atoms with E-state index in [2.05, 4.69) is 46.0 Å². The van der Waals surface area contributed by atoms with Gasteiger partial charge < -0.3 is 5.32 Å². The fourth-order valence-corrected chi connectivity index (χ4v) is 4.77. The average molecular weight is 482 g/mol. The molecule has 0 radical (unpaired) electrons. The molecule has 0 bridgehead atoms. The van der Waals surface area contributed by atoms with Crippen LogP contribution in [0.25, 0.3) is 0 Å². The van der Waals surface area contributed by atoms with Crippen LogP contribution in [-0.4, -0.2) is 18.4 Å². The third kappa shape index (κ3) is 7.05. The van der Waals surface area contributed by atoms with Crippen molar-refractivity contribution >= 4 is 17.5 Å². The first kappa shape index (κ1) is 26.7. The highest BCUT2D eigenvalue weighted by atomic mass is 16.2. The SMILES string of the molecule is CC(C)(C)CC(C)(C)CNC(=O)C(c1ccccc1)N(C(=O)c1ccc(C#N)cc1)c1ccccc1. The van der Waals surface area contributed by atoms with E-state index in [1.54, 1.807) is 29.2 Å². The molecule has 0 fully saturated rings. The fraction of sp³-hybridized carbons (Fsp3) is 0.323. The van der Waals surface area contributed by atoms with Gasteiger partial charge in [0.1, 0.15) is 6.04 Å². The molecule has 1 unspecified atom stereocenters. The van der Waals surface area contributed by atoms with Gasteiger partial charge in [-0.1, -0.05) is 83.1 Å². The molecule has 3 rings (SSSR count). The molecule has 5 heteroatoms. The Labute approximate surface area is 214 Å². The van der Waals surface area contributed by atoms with Gasteiger partial charge in [0.25, 0.3) is 5.91 Å². The summed E-state index contributed by atoms with van der Waals surface area (Å²) >= 11 is 0. The maximum atomic E-state index is 13.9. The lowest BCUT2D eigenvalue weighted by Crippen LogP contribution is -2.46. The van der Waals surface area contributed by atoms with Crippen LogP contribution in [0.1, 0.15) is 68.6 Å². The number of hydrogen-bond donors (Lipinski definition) is 1. The Balaban J connectivity index is 2.03. The van der Waals surface area contributed by atoms with E-state index < -0.39 is 6.04 Å². The number of benzene rings is 3. The van der Waals surface area contributed by atoms with Crippen LogP contribution < -0.4 is 10.2 Å². The van der Waals surface area contributed by atoms with Crippen molar-refractivity contribution in [2.75, 3.05) is 11.4 Å². The zero-order chi connectivity index (χ0) is 26.3. The number of carbonyl (C=O) groups is 2. The van der Waals surface area contributed by atoms with Gasteiger partial charge in [-0.3, -0.25) is 14.5 Å². The van der Waals surface area contributed by atoms with Crippen LogP contribution in [-0.2, 0) is 4.79 Å². The summed E-state index contributed by atoms with van der Waals surface area (Å²) in [7, 11) is 0. The molecule has 36 heavy (non-hydrogen) atoms.